The fourth-order valence-electron chi connectivity index (χ4n) is 4.00. The number of carboxylic acids is 1. The lowest BCUT2D eigenvalue weighted by atomic mass is 9.72. The van der Waals surface area contributed by atoms with Crippen LogP contribution in [-0.2, 0) is 17.8 Å². The molecule has 2 atom stereocenters. The van der Waals surface area contributed by atoms with Gasteiger partial charge in [0, 0.05) is 19.6 Å². The van der Waals surface area contributed by atoms with E-state index >= 15 is 0 Å². The summed E-state index contributed by atoms with van der Waals surface area (Å²) >= 11 is 0. The molecule has 1 aliphatic heterocycles. The zero-order valence-electron chi connectivity index (χ0n) is 16.7. The summed E-state index contributed by atoms with van der Waals surface area (Å²) in [6.45, 7) is 1.24. The number of aliphatic carboxylic acids is 1. The number of benzene rings is 2. The Labute approximate surface area is 170 Å². The summed E-state index contributed by atoms with van der Waals surface area (Å²) in [6, 6.07) is 12.4. The molecule has 1 aliphatic rings. The van der Waals surface area contributed by atoms with Crippen LogP contribution in [0, 0.1) is 5.41 Å². The number of aliphatic hydroxyl groups is 1. The largest absolute Gasteiger partial charge is 0.504 e. The van der Waals surface area contributed by atoms with Crippen LogP contribution in [0.15, 0.2) is 42.5 Å². The smallest absolute Gasteiger partial charge is 0.313 e. The lowest BCUT2D eigenvalue weighted by Gasteiger charge is -2.43. The monoisotopic (exact) mass is 401 g/mol. The Morgan fingerprint density at radius 2 is 1.97 bits per heavy atom. The number of carboxylic acid groups (broad SMARTS) is 1. The summed E-state index contributed by atoms with van der Waals surface area (Å²) in [5.41, 5.74) is 0.328. The highest BCUT2D eigenvalue weighted by Crippen LogP contribution is 2.36. The maximum atomic E-state index is 12.3. The van der Waals surface area contributed by atoms with Crippen molar-refractivity contribution in [3.05, 3.63) is 53.6 Å². The Kier molecular flexibility index (Phi) is 6.30. The fraction of sp³-hybridized carbons (Fsp3) is 0.409. The van der Waals surface area contributed by atoms with Gasteiger partial charge in [0.1, 0.15) is 11.2 Å². The third-order valence-corrected chi connectivity index (χ3v) is 5.59. The van der Waals surface area contributed by atoms with Crippen LogP contribution in [-0.4, -0.2) is 59.6 Å². The van der Waals surface area contributed by atoms with Crippen molar-refractivity contribution >= 4 is 5.97 Å². The van der Waals surface area contributed by atoms with Crippen molar-refractivity contribution in [3.63, 3.8) is 0 Å². The molecular formula is C22H27NO6. The van der Waals surface area contributed by atoms with Crippen LogP contribution in [0.2, 0.25) is 0 Å². The number of methoxy groups -OCH3 is 2. The first kappa shape index (κ1) is 21.0. The molecule has 0 amide bonds. The minimum Gasteiger partial charge on any atom is -0.504 e. The maximum absolute atomic E-state index is 12.3. The lowest BCUT2D eigenvalue weighted by Crippen LogP contribution is -2.56. The molecule has 3 N–H and O–H groups in total. The summed E-state index contributed by atoms with van der Waals surface area (Å²) < 4.78 is 10.3. The van der Waals surface area contributed by atoms with E-state index in [-0.39, 0.29) is 18.7 Å². The van der Waals surface area contributed by atoms with Gasteiger partial charge in [-0.15, -0.1) is 0 Å². The predicted molar refractivity (Wildman–Crippen MR) is 107 cm³/mol. The van der Waals surface area contributed by atoms with E-state index in [1.54, 1.807) is 31.4 Å². The van der Waals surface area contributed by atoms with Gasteiger partial charge < -0.3 is 24.8 Å². The topological polar surface area (TPSA) is 99.5 Å². The molecule has 0 spiro atoms. The summed E-state index contributed by atoms with van der Waals surface area (Å²) in [7, 11) is 3.05. The van der Waals surface area contributed by atoms with Crippen molar-refractivity contribution < 1.29 is 29.6 Å². The molecule has 0 radical (unpaired) electrons. The maximum Gasteiger partial charge on any atom is 0.313 e. The Balaban J connectivity index is 1.82. The molecule has 7 nitrogen and oxygen atoms in total. The molecule has 1 saturated heterocycles. The number of rotatable bonds is 7. The van der Waals surface area contributed by atoms with Gasteiger partial charge >= 0.3 is 5.97 Å². The minimum absolute atomic E-state index is 0.0444. The van der Waals surface area contributed by atoms with Crippen molar-refractivity contribution in [2.24, 2.45) is 5.41 Å². The van der Waals surface area contributed by atoms with Gasteiger partial charge in [-0.2, -0.15) is 0 Å². The number of likely N-dealkylation sites (tertiary alicyclic amines) is 1. The number of hydrogen-bond acceptors (Lipinski definition) is 6. The van der Waals surface area contributed by atoms with Crippen LogP contribution in [0.25, 0.3) is 0 Å². The Morgan fingerprint density at radius 1 is 1.17 bits per heavy atom. The Bertz CT molecular complexity index is 870. The second kappa shape index (κ2) is 8.71. The average Bonchev–Trinajstić information content (AvgIpc) is 2.70. The summed E-state index contributed by atoms with van der Waals surface area (Å²) in [5, 5.41) is 30.8. The number of piperidine rings is 1. The van der Waals surface area contributed by atoms with Gasteiger partial charge in [-0.3, -0.25) is 9.69 Å². The highest BCUT2D eigenvalue weighted by Gasteiger charge is 2.49. The van der Waals surface area contributed by atoms with E-state index in [2.05, 4.69) is 0 Å². The second-order valence-electron chi connectivity index (χ2n) is 7.51. The normalized spacial score (nSPS) is 22.2. The van der Waals surface area contributed by atoms with E-state index in [9.17, 15) is 20.1 Å². The van der Waals surface area contributed by atoms with Gasteiger partial charge in [-0.25, -0.2) is 0 Å². The van der Waals surface area contributed by atoms with Gasteiger partial charge in [0.05, 0.1) is 20.3 Å². The fourth-order valence-corrected chi connectivity index (χ4v) is 4.00. The van der Waals surface area contributed by atoms with E-state index in [0.29, 0.717) is 31.0 Å². The quantitative estimate of drug-likeness (QED) is 0.655. The molecule has 2 aromatic carbocycles. The van der Waals surface area contributed by atoms with Gasteiger partial charge in [0.2, 0.25) is 0 Å². The van der Waals surface area contributed by atoms with Gasteiger partial charge in [-0.05, 0) is 48.2 Å². The molecule has 0 unspecified atom stereocenters. The molecule has 1 heterocycles. The van der Waals surface area contributed by atoms with E-state index in [1.165, 1.54) is 7.11 Å². The number of aromatic hydroxyl groups is 1. The molecule has 156 valence electrons. The average molecular weight is 401 g/mol. The number of nitrogens with zero attached hydrogens (tertiary/aromatic N) is 1. The molecular weight excluding hydrogens is 374 g/mol. The first-order chi connectivity index (χ1) is 13.9. The number of carbonyl (C=O) groups is 1. The van der Waals surface area contributed by atoms with E-state index in [4.69, 9.17) is 9.47 Å². The van der Waals surface area contributed by atoms with Crippen molar-refractivity contribution in [3.8, 4) is 17.2 Å². The molecule has 7 heteroatoms. The van der Waals surface area contributed by atoms with Crippen LogP contribution >= 0.6 is 0 Å². The number of ether oxygens (including phenoxy) is 2. The summed E-state index contributed by atoms with van der Waals surface area (Å²) in [4.78, 5) is 14.3. The highest BCUT2D eigenvalue weighted by atomic mass is 16.5. The number of phenols is 1. The van der Waals surface area contributed by atoms with E-state index in [0.717, 1.165) is 11.1 Å². The third-order valence-electron chi connectivity index (χ3n) is 5.59. The Hall–Kier alpha value is -2.77. The highest BCUT2D eigenvalue weighted by molar-refractivity contribution is 5.76. The van der Waals surface area contributed by atoms with Crippen LogP contribution in [0.1, 0.15) is 17.5 Å². The first-order valence-corrected chi connectivity index (χ1v) is 9.50. The van der Waals surface area contributed by atoms with E-state index in [1.807, 2.05) is 23.1 Å². The molecule has 29 heavy (non-hydrogen) atoms. The van der Waals surface area contributed by atoms with E-state index < -0.39 is 17.5 Å². The van der Waals surface area contributed by atoms with Crippen molar-refractivity contribution in [2.45, 2.75) is 25.5 Å². The second-order valence-corrected chi connectivity index (χ2v) is 7.51. The number of hydrogen-bond donors (Lipinski definition) is 3. The Morgan fingerprint density at radius 3 is 2.62 bits per heavy atom. The molecule has 1 fully saturated rings. The molecule has 0 saturated carbocycles. The SMILES string of the molecule is COc1cccc(C[C@@]2(C(=O)O)CN(Cc3ccc(OC)c(O)c3)CC[C@H]2O)c1. The summed E-state index contributed by atoms with van der Waals surface area (Å²) in [5.74, 6) is 0.0673. The van der Waals surface area contributed by atoms with Crippen LogP contribution < -0.4 is 9.47 Å². The van der Waals surface area contributed by atoms with Gasteiger partial charge in [-0.1, -0.05) is 18.2 Å². The predicted octanol–water partition coefficient (Wildman–Crippen LogP) is 2.29. The number of phenolic OH excluding ortho intramolecular Hbond substituents is 1. The van der Waals surface area contributed by atoms with Gasteiger partial charge in [0.25, 0.3) is 0 Å². The van der Waals surface area contributed by atoms with Crippen LogP contribution in [0.4, 0.5) is 0 Å². The van der Waals surface area contributed by atoms with Gasteiger partial charge in [0.15, 0.2) is 11.5 Å². The summed E-state index contributed by atoms with van der Waals surface area (Å²) in [6.07, 6.45) is -0.393. The van der Waals surface area contributed by atoms with Crippen LogP contribution in [0.3, 0.4) is 0 Å². The zero-order valence-corrected chi connectivity index (χ0v) is 16.7. The van der Waals surface area contributed by atoms with Crippen molar-refractivity contribution in [1.29, 1.82) is 0 Å². The van der Waals surface area contributed by atoms with Crippen LogP contribution in [0.5, 0.6) is 17.2 Å². The lowest BCUT2D eigenvalue weighted by molar-refractivity contribution is -0.163. The first-order valence-electron chi connectivity index (χ1n) is 9.50. The molecule has 0 aliphatic carbocycles. The molecule has 0 bridgehead atoms. The minimum atomic E-state index is -1.32. The van der Waals surface area contributed by atoms with Crippen molar-refractivity contribution in [2.75, 3.05) is 27.3 Å². The zero-order chi connectivity index (χ0) is 21.0. The van der Waals surface area contributed by atoms with Crippen molar-refractivity contribution in [1.82, 2.24) is 4.90 Å². The molecule has 3 rings (SSSR count). The molecule has 2 aromatic rings. The standard InChI is InChI=1S/C22H27NO6/c1-28-17-5-3-4-15(10-17)12-22(21(26)27)14-23(9-8-20(22)25)13-16-6-7-19(29-2)18(24)11-16/h3-7,10-11,20,24-25H,8-9,12-14H2,1-2H3,(H,26,27)/t20-,22-/m1/s1. The molecule has 0 aromatic heterocycles. The number of aliphatic hydroxyl groups excluding tert-OH is 1. The third kappa shape index (κ3) is 4.46.